The minimum absolute atomic E-state index is 0.108. The molecule has 0 unspecified atom stereocenters. The highest BCUT2D eigenvalue weighted by atomic mass is 32.2. The molecule has 0 bridgehead atoms. The van der Waals surface area contributed by atoms with Gasteiger partial charge in [-0.1, -0.05) is 60.2 Å². The van der Waals surface area contributed by atoms with Crippen molar-refractivity contribution in [3.8, 4) is 0 Å². The monoisotopic (exact) mass is 436 g/mol. The zero-order valence-corrected chi connectivity index (χ0v) is 19.2. The Morgan fingerprint density at radius 2 is 1.48 bits per heavy atom. The van der Waals surface area contributed by atoms with Crippen molar-refractivity contribution in [2.75, 3.05) is 11.9 Å². The minimum Gasteiger partial charge on any atom is -0.325 e. The van der Waals surface area contributed by atoms with Crippen LogP contribution in [-0.2, 0) is 21.4 Å². The number of benzene rings is 3. The van der Waals surface area contributed by atoms with Crippen molar-refractivity contribution in [3.05, 3.63) is 94.5 Å². The minimum atomic E-state index is -3.90. The van der Waals surface area contributed by atoms with E-state index in [2.05, 4.69) is 5.32 Å². The summed E-state index contributed by atoms with van der Waals surface area (Å²) >= 11 is 0. The molecule has 0 aromatic heterocycles. The summed E-state index contributed by atoms with van der Waals surface area (Å²) in [6.07, 6.45) is 0. The van der Waals surface area contributed by atoms with E-state index in [4.69, 9.17) is 0 Å². The quantitative estimate of drug-likeness (QED) is 0.581. The summed E-state index contributed by atoms with van der Waals surface area (Å²) in [6.45, 7) is 7.29. The number of carbonyl (C=O) groups excluding carboxylic acids is 1. The van der Waals surface area contributed by atoms with Crippen molar-refractivity contribution in [1.29, 1.82) is 0 Å². The second kappa shape index (κ2) is 9.45. The Balaban J connectivity index is 1.95. The van der Waals surface area contributed by atoms with Crippen LogP contribution in [0.5, 0.6) is 0 Å². The molecule has 0 aliphatic carbocycles. The predicted octanol–water partition coefficient (Wildman–Crippen LogP) is 4.75. The molecule has 0 heterocycles. The molecule has 1 N–H and O–H groups in total. The smallest absolute Gasteiger partial charge is 0.244 e. The first-order valence-corrected chi connectivity index (χ1v) is 11.6. The summed E-state index contributed by atoms with van der Waals surface area (Å²) in [5.41, 5.74) is 4.82. The molecule has 0 saturated heterocycles. The Hall–Kier alpha value is -2.96. The summed E-state index contributed by atoms with van der Waals surface area (Å²) in [7, 11) is -3.90. The van der Waals surface area contributed by atoms with E-state index in [1.54, 1.807) is 19.9 Å². The highest BCUT2D eigenvalue weighted by Gasteiger charge is 2.30. The van der Waals surface area contributed by atoms with Crippen LogP contribution in [-0.4, -0.2) is 25.2 Å². The van der Waals surface area contributed by atoms with E-state index in [0.29, 0.717) is 16.8 Å². The summed E-state index contributed by atoms with van der Waals surface area (Å²) in [4.78, 5) is 13.1. The van der Waals surface area contributed by atoms with Gasteiger partial charge in [-0.15, -0.1) is 0 Å². The molecule has 1 amide bonds. The van der Waals surface area contributed by atoms with Gasteiger partial charge >= 0.3 is 0 Å². The molecular formula is C25H28N2O3S. The molecule has 0 fully saturated rings. The molecule has 0 atom stereocenters. The van der Waals surface area contributed by atoms with Crippen LogP contribution in [0.25, 0.3) is 0 Å². The first-order chi connectivity index (χ1) is 14.7. The normalized spacial score (nSPS) is 11.5. The van der Waals surface area contributed by atoms with Crippen LogP contribution in [0, 0.1) is 27.7 Å². The van der Waals surface area contributed by atoms with Gasteiger partial charge < -0.3 is 5.32 Å². The van der Waals surface area contributed by atoms with Gasteiger partial charge in [-0.2, -0.15) is 4.31 Å². The second-order valence-electron chi connectivity index (χ2n) is 7.90. The third-order valence-corrected chi connectivity index (χ3v) is 7.12. The van der Waals surface area contributed by atoms with Gasteiger partial charge in [0.15, 0.2) is 0 Å². The van der Waals surface area contributed by atoms with Crippen LogP contribution in [0.4, 0.5) is 5.69 Å². The third kappa shape index (κ3) is 5.60. The Labute approximate surface area is 184 Å². The lowest BCUT2D eigenvalue weighted by Gasteiger charge is -2.24. The summed E-state index contributed by atoms with van der Waals surface area (Å²) in [5, 5.41) is 2.82. The standard InChI is InChI=1S/C25H28N2O3S/c1-18-9-8-12-23(15-18)26-24(28)17-27(16-22-10-6-5-7-11-22)31(29,30)25-20(3)13-19(2)14-21(25)4/h5-15H,16-17H2,1-4H3,(H,26,28). The fraction of sp³-hybridized carbons (Fsp3) is 0.240. The maximum absolute atomic E-state index is 13.7. The molecule has 0 spiro atoms. The Morgan fingerprint density at radius 3 is 2.10 bits per heavy atom. The molecule has 3 aromatic rings. The molecule has 6 heteroatoms. The van der Waals surface area contributed by atoms with Crippen LogP contribution < -0.4 is 5.32 Å². The van der Waals surface area contributed by atoms with Gasteiger partial charge in [0.25, 0.3) is 0 Å². The lowest BCUT2D eigenvalue weighted by Crippen LogP contribution is -2.38. The maximum Gasteiger partial charge on any atom is 0.244 e. The average Bonchev–Trinajstić information content (AvgIpc) is 2.67. The predicted molar refractivity (Wildman–Crippen MR) is 124 cm³/mol. The van der Waals surface area contributed by atoms with Gasteiger partial charge in [-0.25, -0.2) is 8.42 Å². The van der Waals surface area contributed by atoms with E-state index >= 15 is 0 Å². The zero-order valence-electron chi connectivity index (χ0n) is 18.3. The van der Waals surface area contributed by atoms with Crippen LogP contribution in [0.3, 0.4) is 0 Å². The molecule has 31 heavy (non-hydrogen) atoms. The number of hydrogen-bond donors (Lipinski definition) is 1. The Bertz CT molecular complexity index is 1170. The topological polar surface area (TPSA) is 66.5 Å². The lowest BCUT2D eigenvalue weighted by atomic mass is 10.1. The van der Waals surface area contributed by atoms with Gasteiger partial charge in [0, 0.05) is 12.2 Å². The number of sulfonamides is 1. The van der Waals surface area contributed by atoms with E-state index in [1.807, 2.05) is 74.5 Å². The number of nitrogens with zero attached hydrogens (tertiary/aromatic N) is 1. The van der Waals surface area contributed by atoms with Gasteiger partial charge in [-0.05, 0) is 62.1 Å². The zero-order chi connectivity index (χ0) is 22.6. The fourth-order valence-electron chi connectivity index (χ4n) is 3.80. The Kier molecular flexibility index (Phi) is 6.93. The largest absolute Gasteiger partial charge is 0.325 e. The van der Waals surface area contributed by atoms with Crippen molar-refractivity contribution < 1.29 is 13.2 Å². The van der Waals surface area contributed by atoms with E-state index in [9.17, 15) is 13.2 Å². The highest BCUT2D eigenvalue weighted by molar-refractivity contribution is 7.89. The molecule has 3 rings (SSSR count). The first-order valence-electron chi connectivity index (χ1n) is 10.2. The number of rotatable bonds is 7. The van der Waals surface area contributed by atoms with E-state index < -0.39 is 10.0 Å². The van der Waals surface area contributed by atoms with Crippen LogP contribution in [0.2, 0.25) is 0 Å². The van der Waals surface area contributed by atoms with Crippen molar-refractivity contribution in [3.63, 3.8) is 0 Å². The summed E-state index contributed by atoms with van der Waals surface area (Å²) in [5.74, 6) is -0.382. The molecule has 0 aliphatic rings. The first kappa shape index (κ1) is 22.7. The third-order valence-electron chi connectivity index (χ3n) is 5.03. The number of anilines is 1. The molecule has 3 aromatic carbocycles. The Morgan fingerprint density at radius 1 is 0.839 bits per heavy atom. The molecule has 162 valence electrons. The van der Waals surface area contributed by atoms with Crippen LogP contribution in [0.15, 0.2) is 71.6 Å². The van der Waals surface area contributed by atoms with Crippen molar-refractivity contribution in [2.24, 2.45) is 0 Å². The van der Waals surface area contributed by atoms with Crippen molar-refractivity contribution >= 4 is 21.6 Å². The molecule has 5 nitrogen and oxygen atoms in total. The molecule has 0 aliphatic heterocycles. The average molecular weight is 437 g/mol. The number of hydrogen-bond acceptors (Lipinski definition) is 3. The van der Waals surface area contributed by atoms with Gasteiger partial charge in [0.1, 0.15) is 0 Å². The molecular weight excluding hydrogens is 408 g/mol. The van der Waals surface area contributed by atoms with Crippen LogP contribution in [0.1, 0.15) is 27.8 Å². The SMILES string of the molecule is Cc1cccc(NC(=O)CN(Cc2ccccc2)S(=O)(=O)c2c(C)cc(C)cc2C)c1. The molecule has 0 saturated carbocycles. The number of amides is 1. The lowest BCUT2D eigenvalue weighted by molar-refractivity contribution is -0.116. The maximum atomic E-state index is 13.7. The van der Waals surface area contributed by atoms with Crippen molar-refractivity contribution in [2.45, 2.75) is 39.1 Å². The van der Waals surface area contributed by atoms with E-state index in [-0.39, 0.29) is 23.9 Å². The second-order valence-corrected chi connectivity index (χ2v) is 9.78. The number of aryl methyl sites for hydroxylation is 4. The highest BCUT2D eigenvalue weighted by Crippen LogP contribution is 2.26. The number of carbonyl (C=O) groups is 1. The van der Waals surface area contributed by atoms with Gasteiger partial charge in [0.05, 0.1) is 11.4 Å². The summed E-state index contributed by atoms with van der Waals surface area (Å²) in [6, 6.07) is 20.4. The van der Waals surface area contributed by atoms with Gasteiger partial charge in [0.2, 0.25) is 15.9 Å². The van der Waals surface area contributed by atoms with E-state index in [0.717, 1.165) is 16.7 Å². The van der Waals surface area contributed by atoms with Crippen molar-refractivity contribution in [1.82, 2.24) is 4.31 Å². The van der Waals surface area contributed by atoms with Crippen LogP contribution >= 0.6 is 0 Å². The van der Waals surface area contributed by atoms with Gasteiger partial charge in [-0.3, -0.25) is 4.79 Å². The number of nitrogens with one attached hydrogen (secondary N) is 1. The molecule has 0 radical (unpaired) electrons. The fourth-order valence-corrected chi connectivity index (χ4v) is 5.60. The summed E-state index contributed by atoms with van der Waals surface area (Å²) < 4.78 is 28.6. The van der Waals surface area contributed by atoms with E-state index in [1.165, 1.54) is 4.31 Å².